The molecule has 0 unspecified atom stereocenters. The highest BCUT2D eigenvalue weighted by atomic mass is 16.5. The van der Waals surface area contributed by atoms with Gasteiger partial charge < -0.3 is 9.47 Å². The molecule has 0 fully saturated rings. The molecule has 0 radical (unpaired) electrons. The van der Waals surface area contributed by atoms with Crippen LogP contribution in [0.5, 0.6) is 0 Å². The third-order valence-corrected chi connectivity index (χ3v) is 3.08. The summed E-state index contributed by atoms with van der Waals surface area (Å²) in [6.07, 6.45) is 4.87. The van der Waals surface area contributed by atoms with Crippen molar-refractivity contribution in [1.29, 1.82) is 0 Å². The smallest absolute Gasteiger partial charge is 0.0895 e. The quantitative estimate of drug-likeness (QED) is 0.530. The molecule has 1 aromatic rings. The van der Waals surface area contributed by atoms with Gasteiger partial charge in [-0.1, -0.05) is 24.3 Å². The van der Waals surface area contributed by atoms with Crippen molar-refractivity contribution in [3.8, 4) is 0 Å². The molecule has 1 aromatic carbocycles. The summed E-state index contributed by atoms with van der Waals surface area (Å²) in [6, 6.07) is 8.52. The van der Waals surface area contributed by atoms with E-state index in [9.17, 15) is 0 Å². The van der Waals surface area contributed by atoms with Gasteiger partial charge in [0.15, 0.2) is 0 Å². The Kier molecular flexibility index (Phi) is 6.98. The van der Waals surface area contributed by atoms with Crippen LogP contribution in [0.3, 0.4) is 0 Å². The first-order chi connectivity index (χ1) is 9.19. The predicted octanol–water partition coefficient (Wildman–Crippen LogP) is 4.52. The van der Waals surface area contributed by atoms with E-state index in [1.807, 2.05) is 6.26 Å². The second kappa shape index (κ2) is 8.54. The summed E-state index contributed by atoms with van der Waals surface area (Å²) >= 11 is 0. The lowest BCUT2D eigenvalue weighted by atomic mass is 10.0. The maximum Gasteiger partial charge on any atom is 0.0895 e. The van der Waals surface area contributed by atoms with Crippen LogP contribution in [-0.4, -0.2) is 20.3 Å². The molecule has 1 rings (SSSR count). The minimum Gasteiger partial charge on any atom is -0.501 e. The number of hydrogen-bond acceptors (Lipinski definition) is 2. The van der Waals surface area contributed by atoms with Gasteiger partial charge in [-0.05, 0) is 49.1 Å². The molecule has 2 nitrogen and oxygen atoms in total. The molecule has 19 heavy (non-hydrogen) atoms. The molecule has 0 amide bonds. The number of rotatable bonds is 7. The summed E-state index contributed by atoms with van der Waals surface area (Å²) in [4.78, 5) is 0. The first kappa shape index (κ1) is 15.5. The highest BCUT2D eigenvalue weighted by Crippen LogP contribution is 2.20. The van der Waals surface area contributed by atoms with Gasteiger partial charge in [0.2, 0.25) is 0 Å². The van der Waals surface area contributed by atoms with Crippen molar-refractivity contribution in [2.24, 2.45) is 0 Å². The van der Waals surface area contributed by atoms with E-state index in [0.717, 1.165) is 18.6 Å². The van der Waals surface area contributed by atoms with E-state index < -0.39 is 0 Å². The maximum absolute atomic E-state index is 5.52. The monoisotopic (exact) mass is 260 g/mol. The lowest BCUT2D eigenvalue weighted by Gasteiger charge is -2.07. The zero-order valence-corrected chi connectivity index (χ0v) is 12.4. The Morgan fingerprint density at radius 2 is 1.79 bits per heavy atom. The van der Waals surface area contributed by atoms with Gasteiger partial charge in [-0.15, -0.1) is 0 Å². The second-order valence-corrected chi connectivity index (χ2v) is 4.57. The van der Waals surface area contributed by atoms with Crippen LogP contribution in [0.25, 0.3) is 11.1 Å². The fourth-order valence-electron chi connectivity index (χ4n) is 1.71. The van der Waals surface area contributed by atoms with Gasteiger partial charge in [0, 0.05) is 20.1 Å². The minimum absolute atomic E-state index is 0.693. The van der Waals surface area contributed by atoms with E-state index in [1.54, 1.807) is 7.11 Å². The molecule has 0 aliphatic rings. The zero-order valence-electron chi connectivity index (χ0n) is 12.4. The molecule has 0 spiro atoms. The van der Waals surface area contributed by atoms with E-state index in [0.29, 0.717) is 6.61 Å². The van der Waals surface area contributed by atoms with Crippen molar-refractivity contribution in [2.75, 3.05) is 20.3 Å². The fraction of sp³-hybridized carbons (Fsp3) is 0.412. The van der Waals surface area contributed by atoms with Crippen LogP contribution >= 0.6 is 0 Å². The molecule has 0 N–H and O–H groups in total. The average Bonchev–Trinajstić information content (AvgIpc) is 2.46. The van der Waals surface area contributed by atoms with E-state index in [1.165, 1.54) is 16.7 Å². The Morgan fingerprint density at radius 3 is 2.42 bits per heavy atom. The van der Waals surface area contributed by atoms with Crippen LogP contribution in [0, 0.1) is 0 Å². The Labute approximate surface area is 116 Å². The first-order valence-corrected chi connectivity index (χ1v) is 6.70. The van der Waals surface area contributed by atoms with Crippen molar-refractivity contribution in [3.05, 3.63) is 47.7 Å². The van der Waals surface area contributed by atoms with Crippen LogP contribution in [0.15, 0.2) is 36.6 Å². The molecule has 0 bridgehead atoms. The first-order valence-electron chi connectivity index (χ1n) is 6.70. The third kappa shape index (κ3) is 5.31. The lowest BCUT2D eigenvalue weighted by molar-refractivity contribution is 0.157. The molecular weight excluding hydrogens is 236 g/mol. The molecule has 0 saturated heterocycles. The number of hydrogen-bond donors (Lipinski definition) is 0. The summed E-state index contributed by atoms with van der Waals surface area (Å²) in [6.45, 7) is 7.69. The highest BCUT2D eigenvalue weighted by molar-refractivity contribution is 5.70. The van der Waals surface area contributed by atoms with Gasteiger partial charge >= 0.3 is 0 Å². The van der Waals surface area contributed by atoms with Crippen LogP contribution in [0.1, 0.15) is 38.3 Å². The topological polar surface area (TPSA) is 18.5 Å². The number of benzene rings is 1. The van der Waals surface area contributed by atoms with Gasteiger partial charge in [0.1, 0.15) is 0 Å². The average molecular weight is 260 g/mol. The third-order valence-electron chi connectivity index (χ3n) is 3.08. The standard InChI is InChI=1S/C17H24O2/c1-5-14(2)16-8-6-9-17(12-16)15(3)13-19-11-7-10-18-4/h5-6,8-9,12-13H,7,10-11H2,1-4H3/b14-5+,15-13+. The largest absolute Gasteiger partial charge is 0.501 e. The lowest BCUT2D eigenvalue weighted by Crippen LogP contribution is -1.95. The second-order valence-electron chi connectivity index (χ2n) is 4.57. The van der Waals surface area contributed by atoms with Gasteiger partial charge in [0.25, 0.3) is 0 Å². The van der Waals surface area contributed by atoms with E-state index in [-0.39, 0.29) is 0 Å². The van der Waals surface area contributed by atoms with Gasteiger partial charge in [-0.2, -0.15) is 0 Å². The van der Waals surface area contributed by atoms with Crippen LogP contribution in [0.4, 0.5) is 0 Å². The van der Waals surface area contributed by atoms with Gasteiger partial charge in [-0.25, -0.2) is 0 Å². The Morgan fingerprint density at radius 1 is 1.11 bits per heavy atom. The Hall–Kier alpha value is -1.54. The molecule has 0 saturated carbocycles. The van der Waals surface area contributed by atoms with Gasteiger partial charge in [-0.3, -0.25) is 0 Å². The van der Waals surface area contributed by atoms with Crippen molar-refractivity contribution >= 4 is 11.1 Å². The molecule has 0 atom stereocenters. The van der Waals surface area contributed by atoms with Crippen molar-refractivity contribution in [3.63, 3.8) is 0 Å². The number of allylic oxidation sites excluding steroid dienone is 3. The number of methoxy groups -OCH3 is 1. The van der Waals surface area contributed by atoms with Crippen LogP contribution in [0.2, 0.25) is 0 Å². The highest BCUT2D eigenvalue weighted by Gasteiger charge is 1.99. The molecule has 104 valence electrons. The Balaban J connectivity index is 2.66. The van der Waals surface area contributed by atoms with Gasteiger partial charge in [0.05, 0.1) is 12.9 Å². The summed E-state index contributed by atoms with van der Waals surface area (Å²) in [5, 5.41) is 0. The molecule has 0 heterocycles. The summed E-state index contributed by atoms with van der Waals surface area (Å²) in [7, 11) is 1.70. The summed E-state index contributed by atoms with van der Waals surface area (Å²) < 4.78 is 10.5. The summed E-state index contributed by atoms with van der Waals surface area (Å²) in [5.74, 6) is 0. The molecular formula is C17H24O2. The molecule has 0 aliphatic carbocycles. The predicted molar refractivity (Wildman–Crippen MR) is 81.9 cm³/mol. The van der Waals surface area contributed by atoms with Crippen LogP contribution in [-0.2, 0) is 9.47 Å². The number of ether oxygens (including phenoxy) is 2. The van der Waals surface area contributed by atoms with E-state index >= 15 is 0 Å². The van der Waals surface area contributed by atoms with E-state index in [2.05, 4.69) is 51.1 Å². The molecule has 0 aromatic heterocycles. The molecule has 0 aliphatic heterocycles. The van der Waals surface area contributed by atoms with Crippen LogP contribution < -0.4 is 0 Å². The Bertz CT molecular complexity index is 444. The SMILES string of the molecule is C/C=C(\C)c1cccc(/C(C)=C/OCCCOC)c1. The molecule has 2 heteroatoms. The van der Waals surface area contributed by atoms with E-state index in [4.69, 9.17) is 9.47 Å². The maximum atomic E-state index is 5.52. The zero-order chi connectivity index (χ0) is 14.1. The minimum atomic E-state index is 0.693. The normalized spacial score (nSPS) is 12.6. The van der Waals surface area contributed by atoms with Crippen molar-refractivity contribution in [1.82, 2.24) is 0 Å². The van der Waals surface area contributed by atoms with Crippen molar-refractivity contribution < 1.29 is 9.47 Å². The summed E-state index contributed by atoms with van der Waals surface area (Å²) in [5.41, 5.74) is 4.89. The fourth-order valence-corrected chi connectivity index (χ4v) is 1.71. The van der Waals surface area contributed by atoms with Crippen molar-refractivity contribution in [2.45, 2.75) is 27.2 Å².